The van der Waals surface area contributed by atoms with Crippen molar-refractivity contribution in [2.24, 2.45) is 5.92 Å². The number of hydrogen-bond donors (Lipinski definition) is 1. The average Bonchev–Trinajstić information content (AvgIpc) is 2.78. The minimum Gasteiger partial charge on any atom is -0.497 e. The van der Waals surface area contributed by atoms with E-state index in [0.29, 0.717) is 23.8 Å². The molecule has 156 valence electrons. The SMILES string of the molecule is COc1ccc([C@@H](CC(C)C)NC(=O)c2cccc(OCc3ccccc3)c2)cc1. The van der Waals surface area contributed by atoms with Crippen molar-refractivity contribution in [3.63, 3.8) is 0 Å². The summed E-state index contributed by atoms with van der Waals surface area (Å²) >= 11 is 0. The van der Waals surface area contributed by atoms with Crippen LogP contribution < -0.4 is 14.8 Å². The number of carbonyl (C=O) groups excluding carboxylic acids is 1. The standard InChI is InChI=1S/C26H29NO3/c1-19(2)16-25(21-12-14-23(29-3)15-13-21)27-26(28)22-10-7-11-24(17-22)30-18-20-8-5-4-6-9-20/h4-15,17,19,25H,16,18H2,1-3H3,(H,27,28)/t25-/m1/s1. The molecule has 1 atom stereocenters. The van der Waals surface area contributed by atoms with Crippen molar-refractivity contribution in [1.29, 1.82) is 0 Å². The minimum atomic E-state index is -0.110. The first-order valence-electron chi connectivity index (χ1n) is 10.3. The highest BCUT2D eigenvalue weighted by atomic mass is 16.5. The van der Waals surface area contributed by atoms with Crippen molar-refractivity contribution in [3.8, 4) is 11.5 Å². The van der Waals surface area contributed by atoms with Gasteiger partial charge in [-0.25, -0.2) is 0 Å². The summed E-state index contributed by atoms with van der Waals surface area (Å²) in [5.74, 6) is 1.81. The number of benzene rings is 3. The molecule has 0 unspecified atom stereocenters. The number of carbonyl (C=O) groups is 1. The van der Waals surface area contributed by atoms with Gasteiger partial charge in [0.05, 0.1) is 13.2 Å². The summed E-state index contributed by atoms with van der Waals surface area (Å²) in [7, 11) is 1.65. The smallest absolute Gasteiger partial charge is 0.251 e. The molecule has 4 heteroatoms. The Morgan fingerprint density at radius 3 is 2.30 bits per heavy atom. The summed E-state index contributed by atoms with van der Waals surface area (Å²) in [5, 5.41) is 3.18. The third-order valence-electron chi connectivity index (χ3n) is 4.88. The summed E-state index contributed by atoms with van der Waals surface area (Å²) in [6.07, 6.45) is 0.849. The van der Waals surface area contributed by atoms with E-state index in [4.69, 9.17) is 9.47 Å². The predicted octanol–water partition coefficient (Wildman–Crippen LogP) is 5.79. The Balaban J connectivity index is 1.70. The molecule has 0 radical (unpaired) electrons. The number of rotatable bonds is 9. The Bertz CT molecular complexity index is 936. The van der Waals surface area contributed by atoms with Gasteiger partial charge in [0.2, 0.25) is 0 Å². The first-order chi connectivity index (χ1) is 14.5. The lowest BCUT2D eigenvalue weighted by Gasteiger charge is -2.21. The maximum atomic E-state index is 13.0. The summed E-state index contributed by atoms with van der Waals surface area (Å²) in [4.78, 5) is 13.0. The first-order valence-corrected chi connectivity index (χ1v) is 10.3. The summed E-state index contributed by atoms with van der Waals surface area (Å²) in [5.41, 5.74) is 2.74. The van der Waals surface area contributed by atoms with Crippen LogP contribution in [0.4, 0.5) is 0 Å². The fourth-order valence-electron chi connectivity index (χ4n) is 3.30. The van der Waals surface area contributed by atoms with Gasteiger partial charge in [0.25, 0.3) is 5.91 Å². The summed E-state index contributed by atoms with van der Waals surface area (Å²) < 4.78 is 11.1. The Hall–Kier alpha value is -3.27. The lowest BCUT2D eigenvalue weighted by Crippen LogP contribution is -2.29. The Morgan fingerprint density at radius 2 is 1.63 bits per heavy atom. The molecule has 0 bridgehead atoms. The van der Waals surface area contributed by atoms with Gasteiger partial charge in [-0.1, -0.05) is 62.4 Å². The lowest BCUT2D eigenvalue weighted by molar-refractivity contribution is 0.0931. The highest BCUT2D eigenvalue weighted by Gasteiger charge is 2.18. The van der Waals surface area contributed by atoms with Gasteiger partial charge in [0.1, 0.15) is 18.1 Å². The second kappa shape index (κ2) is 10.5. The second-order valence-corrected chi connectivity index (χ2v) is 7.73. The second-order valence-electron chi connectivity index (χ2n) is 7.73. The maximum absolute atomic E-state index is 13.0. The van der Waals surface area contributed by atoms with Gasteiger partial charge in [-0.2, -0.15) is 0 Å². The number of ether oxygens (including phenoxy) is 2. The molecule has 3 rings (SSSR count). The van der Waals surface area contributed by atoms with Crippen molar-refractivity contribution >= 4 is 5.91 Å². The largest absolute Gasteiger partial charge is 0.497 e. The van der Waals surface area contributed by atoms with Crippen LogP contribution in [0.25, 0.3) is 0 Å². The van der Waals surface area contributed by atoms with Gasteiger partial charge >= 0.3 is 0 Å². The molecule has 0 heterocycles. The van der Waals surface area contributed by atoms with Crippen LogP contribution in [0.1, 0.15) is 47.8 Å². The summed E-state index contributed by atoms with van der Waals surface area (Å²) in [6.45, 7) is 4.77. The van der Waals surface area contributed by atoms with Crippen LogP contribution >= 0.6 is 0 Å². The molecular formula is C26H29NO3. The lowest BCUT2D eigenvalue weighted by atomic mass is 9.96. The van der Waals surface area contributed by atoms with Crippen LogP contribution in [-0.2, 0) is 6.61 Å². The number of amides is 1. The molecule has 0 aliphatic carbocycles. The van der Waals surface area contributed by atoms with Crippen LogP contribution in [-0.4, -0.2) is 13.0 Å². The van der Waals surface area contributed by atoms with E-state index < -0.39 is 0 Å². The van der Waals surface area contributed by atoms with Gasteiger partial charge in [-0.15, -0.1) is 0 Å². The van der Waals surface area contributed by atoms with E-state index in [1.165, 1.54) is 0 Å². The van der Waals surface area contributed by atoms with Crippen molar-refractivity contribution in [1.82, 2.24) is 5.32 Å². The van der Waals surface area contributed by atoms with E-state index >= 15 is 0 Å². The molecule has 0 aliphatic heterocycles. The Labute approximate surface area is 178 Å². The average molecular weight is 404 g/mol. The van der Waals surface area contributed by atoms with E-state index in [1.54, 1.807) is 13.2 Å². The highest BCUT2D eigenvalue weighted by molar-refractivity contribution is 5.94. The molecule has 0 fully saturated rings. The van der Waals surface area contributed by atoms with E-state index in [2.05, 4.69) is 19.2 Å². The number of methoxy groups -OCH3 is 1. The molecule has 0 aliphatic rings. The van der Waals surface area contributed by atoms with E-state index in [-0.39, 0.29) is 11.9 Å². The topological polar surface area (TPSA) is 47.6 Å². The third-order valence-corrected chi connectivity index (χ3v) is 4.88. The molecule has 0 spiro atoms. The van der Waals surface area contributed by atoms with E-state index in [0.717, 1.165) is 23.3 Å². The molecule has 3 aromatic rings. The summed E-state index contributed by atoms with van der Waals surface area (Å²) in [6, 6.07) is 25.1. The van der Waals surface area contributed by atoms with Crippen molar-refractivity contribution in [2.75, 3.05) is 7.11 Å². The molecule has 4 nitrogen and oxygen atoms in total. The van der Waals surface area contributed by atoms with Crippen LogP contribution in [0.2, 0.25) is 0 Å². The van der Waals surface area contributed by atoms with E-state index in [1.807, 2.05) is 72.8 Å². The van der Waals surface area contributed by atoms with Gasteiger partial charge in [0.15, 0.2) is 0 Å². The van der Waals surface area contributed by atoms with Crippen LogP contribution in [0.5, 0.6) is 11.5 Å². The predicted molar refractivity (Wildman–Crippen MR) is 120 cm³/mol. The van der Waals surface area contributed by atoms with Crippen LogP contribution in [0, 0.1) is 5.92 Å². The highest BCUT2D eigenvalue weighted by Crippen LogP contribution is 2.24. The molecule has 0 aromatic heterocycles. The molecule has 1 N–H and O–H groups in total. The van der Waals surface area contributed by atoms with Crippen molar-refractivity contribution in [2.45, 2.75) is 32.9 Å². The van der Waals surface area contributed by atoms with Gasteiger partial charge in [0, 0.05) is 5.56 Å². The quantitative estimate of drug-likeness (QED) is 0.492. The van der Waals surface area contributed by atoms with E-state index in [9.17, 15) is 4.79 Å². The molecule has 0 saturated carbocycles. The zero-order chi connectivity index (χ0) is 21.3. The van der Waals surface area contributed by atoms with Crippen LogP contribution in [0.15, 0.2) is 78.9 Å². The molecule has 1 amide bonds. The Morgan fingerprint density at radius 1 is 0.900 bits per heavy atom. The first kappa shape index (κ1) is 21.4. The zero-order valence-corrected chi connectivity index (χ0v) is 17.8. The fraction of sp³-hybridized carbons (Fsp3) is 0.269. The molecule has 0 saturated heterocycles. The minimum absolute atomic E-state index is 0.0719. The zero-order valence-electron chi connectivity index (χ0n) is 17.8. The number of hydrogen-bond acceptors (Lipinski definition) is 3. The normalized spacial score (nSPS) is 11.7. The third kappa shape index (κ3) is 6.11. The van der Waals surface area contributed by atoms with Gasteiger partial charge in [-0.05, 0) is 53.8 Å². The van der Waals surface area contributed by atoms with Crippen molar-refractivity contribution in [3.05, 3.63) is 95.6 Å². The van der Waals surface area contributed by atoms with Gasteiger partial charge < -0.3 is 14.8 Å². The molecular weight excluding hydrogens is 374 g/mol. The maximum Gasteiger partial charge on any atom is 0.251 e. The van der Waals surface area contributed by atoms with Crippen molar-refractivity contribution < 1.29 is 14.3 Å². The monoisotopic (exact) mass is 403 g/mol. The van der Waals surface area contributed by atoms with Crippen LogP contribution in [0.3, 0.4) is 0 Å². The fourth-order valence-corrected chi connectivity index (χ4v) is 3.30. The molecule has 30 heavy (non-hydrogen) atoms. The number of nitrogens with one attached hydrogen (secondary N) is 1. The Kier molecular flexibility index (Phi) is 7.50. The molecule has 3 aromatic carbocycles. The van der Waals surface area contributed by atoms with Gasteiger partial charge in [-0.3, -0.25) is 4.79 Å².